The molecule has 3 rings (SSSR count). The number of hydrogen-bond acceptors (Lipinski definition) is 3. The van der Waals surface area contributed by atoms with Crippen molar-refractivity contribution >= 4 is 6.03 Å². The third-order valence-corrected chi connectivity index (χ3v) is 5.45. The first-order valence-corrected chi connectivity index (χ1v) is 9.47. The fraction of sp³-hybridized carbons (Fsp3) is 0.650. The molecule has 2 aliphatic rings. The number of likely N-dealkylation sites (N-methyl/N-ethyl adjacent to an activating group) is 1. The molecule has 2 saturated heterocycles. The first kappa shape index (κ1) is 18.2. The van der Waals surface area contributed by atoms with Crippen LogP contribution in [-0.4, -0.2) is 54.2 Å². The number of nitrogens with one attached hydrogen (secondary N) is 1. The van der Waals surface area contributed by atoms with Gasteiger partial charge in [-0.3, -0.25) is 4.90 Å². The number of likely N-dealkylation sites (tertiary alicyclic amines) is 1. The number of nitrogens with zero attached hydrogens (tertiary/aromatic N) is 2. The minimum Gasteiger partial charge on any atom is -0.374 e. The van der Waals surface area contributed by atoms with E-state index in [4.69, 9.17) is 4.74 Å². The molecule has 2 amide bonds. The maximum Gasteiger partial charge on any atom is 0.317 e. The average Bonchev–Trinajstić information content (AvgIpc) is 2.83. The SMILES string of the molecule is CC(C)OCc1cccc(CNC(=O)N2CC[C@H]3CC[C@@H](C2)N3C)c1. The van der Waals surface area contributed by atoms with Crippen LogP contribution in [0.2, 0.25) is 0 Å². The zero-order valence-electron chi connectivity index (χ0n) is 15.7. The largest absolute Gasteiger partial charge is 0.374 e. The van der Waals surface area contributed by atoms with Crippen molar-refractivity contribution in [1.29, 1.82) is 0 Å². The monoisotopic (exact) mass is 345 g/mol. The van der Waals surface area contributed by atoms with Gasteiger partial charge in [0.25, 0.3) is 0 Å². The molecule has 0 unspecified atom stereocenters. The van der Waals surface area contributed by atoms with E-state index in [9.17, 15) is 4.79 Å². The van der Waals surface area contributed by atoms with Gasteiger partial charge < -0.3 is 15.0 Å². The van der Waals surface area contributed by atoms with Crippen LogP contribution in [0, 0.1) is 0 Å². The highest BCUT2D eigenvalue weighted by molar-refractivity contribution is 5.74. The van der Waals surface area contributed by atoms with Gasteiger partial charge in [-0.1, -0.05) is 24.3 Å². The van der Waals surface area contributed by atoms with E-state index in [1.807, 2.05) is 24.8 Å². The Balaban J connectivity index is 1.51. The Bertz CT molecular complexity index is 590. The lowest BCUT2D eigenvalue weighted by Gasteiger charge is -2.26. The molecule has 0 radical (unpaired) electrons. The molecule has 0 aromatic heterocycles. The van der Waals surface area contributed by atoms with Crippen LogP contribution in [0.4, 0.5) is 4.79 Å². The van der Waals surface area contributed by atoms with Gasteiger partial charge in [0, 0.05) is 31.7 Å². The highest BCUT2D eigenvalue weighted by atomic mass is 16.5. The molecule has 138 valence electrons. The van der Waals surface area contributed by atoms with Crippen LogP contribution in [0.3, 0.4) is 0 Å². The molecular formula is C20H31N3O2. The summed E-state index contributed by atoms with van der Waals surface area (Å²) in [5.74, 6) is 0. The van der Waals surface area contributed by atoms with E-state index in [2.05, 4.69) is 35.5 Å². The zero-order chi connectivity index (χ0) is 17.8. The van der Waals surface area contributed by atoms with Crippen molar-refractivity contribution in [3.63, 3.8) is 0 Å². The van der Waals surface area contributed by atoms with Gasteiger partial charge in [-0.05, 0) is 51.3 Å². The zero-order valence-corrected chi connectivity index (χ0v) is 15.7. The molecule has 2 atom stereocenters. The van der Waals surface area contributed by atoms with E-state index >= 15 is 0 Å². The first-order chi connectivity index (χ1) is 12.0. The second-order valence-corrected chi connectivity index (χ2v) is 7.62. The molecule has 0 aliphatic carbocycles. The van der Waals surface area contributed by atoms with Crippen LogP contribution < -0.4 is 5.32 Å². The second kappa shape index (κ2) is 8.19. The number of ether oxygens (including phenoxy) is 1. The maximum atomic E-state index is 12.6. The van der Waals surface area contributed by atoms with E-state index < -0.39 is 0 Å². The first-order valence-electron chi connectivity index (χ1n) is 9.47. The van der Waals surface area contributed by atoms with E-state index in [1.54, 1.807) is 0 Å². The van der Waals surface area contributed by atoms with Gasteiger partial charge in [0.05, 0.1) is 12.7 Å². The highest BCUT2D eigenvalue weighted by Crippen LogP contribution is 2.28. The third kappa shape index (κ3) is 4.73. The Morgan fingerprint density at radius 1 is 1.24 bits per heavy atom. The summed E-state index contributed by atoms with van der Waals surface area (Å²) in [7, 11) is 2.20. The Kier molecular flexibility index (Phi) is 5.97. The Labute approximate surface area is 151 Å². The number of fused-ring (bicyclic) bond motifs is 2. The second-order valence-electron chi connectivity index (χ2n) is 7.62. The van der Waals surface area contributed by atoms with Gasteiger partial charge in [0.1, 0.15) is 0 Å². The quantitative estimate of drug-likeness (QED) is 0.892. The van der Waals surface area contributed by atoms with Crippen molar-refractivity contribution < 1.29 is 9.53 Å². The molecule has 5 heteroatoms. The van der Waals surface area contributed by atoms with Crippen molar-refractivity contribution in [3.8, 4) is 0 Å². The van der Waals surface area contributed by atoms with Crippen LogP contribution in [0.25, 0.3) is 0 Å². The number of hydrogen-bond donors (Lipinski definition) is 1. The van der Waals surface area contributed by atoms with Gasteiger partial charge in [-0.2, -0.15) is 0 Å². The summed E-state index contributed by atoms with van der Waals surface area (Å²) >= 11 is 0. The molecular weight excluding hydrogens is 314 g/mol. The van der Waals surface area contributed by atoms with Crippen molar-refractivity contribution in [2.24, 2.45) is 0 Å². The topological polar surface area (TPSA) is 44.8 Å². The van der Waals surface area contributed by atoms with Gasteiger partial charge in [-0.15, -0.1) is 0 Å². The molecule has 2 aliphatic heterocycles. The molecule has 2 bridgehead atoms. The number of carbonyl (C=O) groups excluding carboxylic acids is 1. The molecule has 2 heterocycles. The van der Waals surface area contributed by atoms with Gasteiger partial charge in [0.15, 0.2) is 0 Å². The predicted octanol–water partition coefficient (Wildman–Crippen LogP) is 2.99. The van der Waals surface area contributed by atoms with Crippen LogP contribution in [0.15, 0.2) is 24.3 Å². The highest BCUT2D eigenvalue weighted by Gasteiger charge is 2.35. The predicted molar refractivity (Wildman–Crippen MR) is 99.4 cm³/mol. The lowest BCUT2D eigenvalue weighted by Crippen LogP contribution is -2.44. The number of benzene rings is 1. The van der Waals surface area contributed by atoms with Crippen molar-refractivity contribution in [2.75, 3.05) is 20.1 Å². The van der Waals surface area contributed by atoms with Crippen molar-refractivity contribution in [3.05, 3.63) is 35.4 Å². The van der Waals surface area contributed by atoms with Gasteiger partial charge in [0.2, 0.25) is 0 Å². The third-order valence-electron chi connectivity index (χ3n) is 5.45. The van der Waals surface area contributed by atoms with Crippen LogP contribution >= 0.6 is 0 Å². The average molecular weight is 345 g/mol. The van der Waals surface area contributed by atoms with Crippen molar-refractivity contribution in [2.45, 2.75) is 64.4 Å². The minimum absolute atomic E-state index is 0.0600. The van der Waals surface area contributed by atoms with E-state index in [0.717, 1.165) is 30.6 Å². The van der Waals surface area contributed by atoms with Crippen molar-refractivity contribution in [1.82, 2.24) is 15.1 Å². The standard InChI is InChI=1S/C20H31N3O2/c1-15(2)25-14-17-6-4-5-16(11-17)12-21-20(24)23-10-9-18-7-8-19(13-23)22(18)3/h4-6,11,15,18-19H,7-10,12-14H2,1-3H3,(H,21,24)/t18-,19+/m1/s1. The molecule has 5 nitrogen and oxygen atoms in total. The summed E-state index contributed by atoms with van der Waals surface area (Å²) in [5, 5.41) is 3.09. The summed E-state index contributed by atoms with van der Waals surface area (Å²) < 4.78 is 5.66. The number of carbonyl (C=O) groups is 1. The number of amides is 2. The Morgan fingerprint density at radius 2 is 2.00 bits per heavy atom. The lowest BCUT2D eigenvalue weighted by molar-refractivity contribution is 0.0657. The fourth-order valence-corrected chi connectivity index (χ4v) is 3.88. The van der Waals surface area contributed by atoms with E-state index in [0.29, 0.717) is 25.2 Å². The summed E-state index contributed by atoms with van der Waals surface area (Å²) in [4.78, 5) is 17.0. The Morgan fingerprint density at radius 3 is 2.80 bits per heavy atom. The molecule has 1 N–H and O–H groups in total. The molecule has 1 aromatic carbocycles. The smallest absolute Gasteiger partial charge is 0.317 e. The lowest BCUT2D eigenvalue weighted by atomic mass is 10.1. The molecule has 25 heavy (non-hydrogen) atoms. The van der Waals surface area contributed by atoms with E-state index in [1.165, 1.54) is 12.8 Å². The normalized spacial score (nSPS) is 23.8. The molecule has 0 saturated carbocycles. The molecule has 0 spiro atoms. The van der Waals surface area contributed by atoms with Gasteiger partial charge >= 0.3 is 6.03 Å². The van der Waals surface area contributed by atoms with Crippen LogP contribution in [-0.2, 0) is 17.9 Å². The molecule has 1 aromatic rings. The summed E-state index contributed by atoms with van der Waals surface area (Å²) in [6.07, 6.45) is 3.80. The Hall–Kier alpha value is -1.59. The summed E-state index contributed by atoms with van der Waals surface area (Å²) in [6.45, 7) is 6.96. The van der Waals surface area contributed by atoms with Gasteiger partial charge in [-0.25, -0.2) is 4.79 Å². The summed E-state index contributed by atoms with van der Waals surface area (Å²) in [5.41, 5.74) is 2.26. The molecule has 2 fully saturated rings. The summed E-state index contributed by atoms with van der Waals surface area (Å²) in [6, 6.07) is 9.49. The van der Waals surface area contributed by atoms with Crippen LogP contribution in [0.5, 0.6) is 0 Å². The number of rotatable bonds is 5. The fourth-order valence-electron chi connectivity index (χ4n) is 3.88. The van der Waals surface area contributed by atoms with E-state index in [-0.39, 0.29) is 12.1 Å². The maximum absolute atomic E-state index is 12.6. The van der Waals surface area contributed by atoms with Crippen LogP contribution in [0.1, 0.15) is 44.2 Å². The number of urea groups is 1. The minimum atomic E-state index is 0.0600.